The Bertz CT molecular complexity index is 1460. The van der Waals surface area contributed by atoms with Gasteiger partial charge in [-0.1, -0.05) is 54.1 Å². The number of hydrogen-bond donors (Lipinski definition) is 1. The van der Waals surface area contributed by atoms with Crippen molar-refractivity contribution in [2.24, 2.45) is 5.92 Å². The van der Waals surface area contributed by atoms with Crippen LogP contribution in [0.1, 0.15) is 51.7 Å². The Balaban J connectivity index is 1.53. The van der Waals surface area contributed by atoms with E-state index >= 15 is 0 Å². The van der Waals surface area contributed by atoms with E-state index in [9.17, 15) is 23.9 Å². The van der Waals surface area contributed by atoms with Gasteiger partial charge in [-0.05, 0) is 37.0 Å². The highest BCUT2D eigenvalue weighted by Gasteiger charge is 2.61. The minimum atomic E-state index is -0.668. The summed E-state index contributed by atoms with van der Waals surface area (Å²) in [6.45, 7) is 2.58. The lowest BCUT2D eigenvalue weighted by Crippen LogP contribution is -2.52. The van der Waals surface area contributed by atoms with Crippen molar-refractivity contribution in [2.75, 3.05) is 13.2 Å². The number of likely N-dealkylation sites (N-methyl/N-ethyl adjacent to an activating group) is 1. The van der Waals surface area contributed by atoms with E-state index in [2.05, 4.69) is 0 Å². The number of rotatable bonds is 9. The van der Waals surface area contributed by atoms with Crippen LogP contribution in [-0.2, 0) is 19.6 Å². The maximum absolute atomic E-state index is 14.4. The van der Waals surface area contributed by atoms with E-state index in [4.69, 9.17) is 16.3 Å². The van der Waals surface area contributed by atoms with Gasteiger partial charge in [-0.15, -0.1) is 0 Å². The zero-order valence-electron chi connectivity index (χ0n) is 21.0. The topological polar surface area (TPSA) is 88.8 Å². The Morgan fingerprint density at radius 3 is 2.63 bits per heavy atom. The molecule has 1 aromatic heterocycles. The van der Waals surface area contributed by atoms with Crippen LogP contribution in [0.5, 0.6) is 5.75 Å². The number of aliphatic hydroxyl groups is 1. The average molecular weight is 539 g/mol. The molecule has 2 aliphatic rings. The van der Waals surface area contributed by atoms with Gasteiger partial charge in [0.1, 0.15) is 12.4 Å². The number of hydrogen-bond acceptors (Lipinski definition) is 5. The number of Topliss-reactive ketones (excluding diaryl/α,β-unsaturated/α-hetero) is 1. The molecule has 1 spiro atoms. The van der Waals surface area contributed by atoms with Crippen molar-refractivity contribution >= 4 is 23.3 Å². The predicted octanol–water partition coefficient (Wildman–Crippen LogP) is 4.26. The molecular weight excluding hydrogens is 511 g/mol. The third kappa shape index (κ3) is 4.52. The van der Waals surface area contributed by atoms with Gasteiger partial charge in [0.15, 0.2) is 17.2 Å². The van der Waals surface area contributed by atoms with Crippen molar-refractivity contribution in [1.29, 1.82) is 0 Å². The molecule has 7 nitrogen and oxygen atoms in total. The van der Waals surface area contributed by atoms with Crippen LogP contribution in [0.3, 0.4) is 0 Å². The fourth-order valence-electron chi connectivity index (χ4n) is 5.47. The van der Waals surface area contributed by atoms with Crippen LogP contribution in [-0.4, -0.2) is 45.0 Å². The number of halogens is 2. The largest absolute Gasteiger partial charge is 0.483 e. The maximum atomic E-state index is 14.4. The van der Waals surface area contributed by atoms with Crippen LogP contribution in [0.25, 0.3) is 0 Å². The summed E-state index contributed by atoms with van der Waals surface area (Å²) in [6.07, 6.45) is 1.99. The molecule has 5 rings (SSSR count). The summed E-state index contributed by atoms with van der Waals surface area (Å²) in [4.78, 5) is 42.3. The number of benzene rings is 2. The van der Waals surface area contributed by atoms with E-state index in [1.54, 1.807) is 21.6 Å². The van der Waals surface area contributed by atoms with E-state index in [1.807, 2.05) is 37.3 Å². The molecule has 1 amide bonds. The number of amides is 1. The van der Waals surface area contributed by atoms with Crippen molar-refractivity contribution in [2.45, 2.75) is 44.9 Å². The standard InChI is InChI=1S/C29H28ClFN2O5/c1-2-33-28(37)25-27(38-16-18-7-4-3-5-8-18)26(36)21(14-32(25)17-29(33)13-20(29)15-34)23(35)12-11-19-9-6-10-22(30)24(19)31/h3-10,14,20,34H,2,11-13,15-17H2,1H3/t20-,29-/m0/s1. The summed E-state index contributed by atoms with van der Waals surface area (Å²) in [5.41, 5.74) is -0.176. The first-order valence-electron chi connectivity index (χ1n) is 12.6. The highest BCUT2D eigenvalue weighted by molar-refractivity contribution is 6.30. The second kappa shape index (κ2) is 10.3. The summed E-state index contributed by atoms with van der Waals surface area (Å²) < 4.78 is 21.9. The molecule has 2 atom stereocenters. The zero-order chi connectivity index (χ0) is 27.0. The van der Waals surface area contributed by atoms with Gasteiger partial charge in [-0.3, -0.25) is 14.4 Å². The van der Waals surface area contributed by atoms with Gasteiger partial charge in [-0.2, -0.15) is 0 Å². The quantitative estimate of drug-likeness (QED) is 0.411. The molecule has 0 bridgehead atoms. The first kappa shape index (κ1) is 26.1. The average Bonchev–Trinajstić information content (AvgIpc) is 3.62. The number of carbonyl (C=O) groups is 2. The van der Waals surface area contributed by atoms with E-state index < -0.39 is 22.6 Å². The number of ether oxygens (including phenoxy) is 1. The van der Waals surface area contributed by atoms with Gasteiger partial charge in [0, 0.05) is 38.2 Å². The molecule has 0 radical (unpaired) electrons. The predicted molar refractivity (Wildman–Crippen MR) is 140 cm³/mol. The molecule has 0 unspecified atom stereocenters. The van der Waals surface area contributed by atoms with E-state index in [0.717, 1.165) is 5.56 Å². The molecule has 1 saturated carbocycles. The van der Waals surface area contributed by atoms with Crippen molar-refractivity contribution in [3.05, 3.63) is 98.2 Å². The second-order valence-corrected chi connectivity index (χ2v) is 10.2. The molecule has 0 saturated heterocycles. The molecular formula is C29H28ClFN2O5. The number of pyridine rings is 1. The monoisotopic (exact) mass is 538 g/mol. The molecule has 2 aromatic carbocycles. The molecule has 2 heterocycles. The number of aryl methyl sites for hydroxylation is 1. The van der Waals surface area contributed by atoms with Crippen molar-refractivity contribution in [3.63, 3.8) is 0 Å². The van der Waals surface area contributed by atoms with Gasteiger partial charge in [0.05, 0.1) is 16.1 Å². The fraction of sp³-hybridized carbons (Fsp3) is 0.345. The maximum Gasteiger partial charge on any atom is 0.275 e. The van der Waals surface area contributed by atoms with E-state index in [-0.39, 0.29) is 65.5 Å². The van der Waals surface area contributed by atoms with E-state index in [1.165, 1.54) is 12.3 Å². The van der Waals surface area contributed by atoms with Crippen molar-refractivity contribution < 1.29 is 23.8 Å². The van der Waals surface area contributed by atoms with Crippen LogP contribution in [0.15, 0.2) is 59.5 Å². The Kier molecular flexibility index (Phi) is 7.11. The minimum absolute atomic E-state index is 0.0347. The Morgan fingerprint density at radius 2 is 1.95 bits per heavy atom. The molecule has 3 aromatic rings. The SMILES string of the molecule is CCN1C(=O)c2c(OCc3ccccc3)c(=O)c(C(=O)CCc3cccc(Cl)c3F)cn2C[C@]12C[C@H]2CO. The minimum Gasteiger partial charge on any atom is -0.483 e. The van der Waals surface area contributed by atoms with Crippen LogP contribution in [0.4, 0.5) is 4.39 Å². The number of aliphatic hydroxyl groups excluding tert-OH is 1. The third-order valence-corrected chi connectivity index (χ3v) is 7.88. The van der Waals surface area contributed by atoms with Crippen LogP contribution < -0.4 is 10.2 Å². The lowest BCUT2D eigenvalue weighted by molar-refractivity contribution is 0.0505. The summed E-state index contributed by atoms with van der Waals surface area (Å²) in [7, 11) is 0. The number of carbonyl (C=O) groups excluding carboxylic acids is 2. The first-order chi connectivity index (χ1) is 18.3. The number of ketones is 1. The number of aromatic nitrogens is 1. The second-order valence-electron chi connectivity index (χ2n) is 9.82. The van der Waals surface area contributed by atoms with E-state index in [0.29, 0.717) is 19.5 Å². The van der Waals surface area contributed by atoms with Gasteiger partial charge in [0.25, 0.3) is 5.91 Å². The first-order valence-corrected chi connectivity index (χ1v) is 13.0. The molecule has 1 fully saturated rings. The van der Waals surface area contributed by atoms with Gasteiger partial charge in [0.2, 0.25) is 5.43 Å². The lowest BCUT2D eigenvalue weighted by Gasteiger charge is -2.39. The highest BCUT2D eigenvalue weighted by atomic mass is 35.5. The Morgan fingerprint density at radius 1 is 1.18 bits per heavy atom. The smallest absolute Gasteiger partial charge is 0.275 e. The molecule has 38 heavy (non-hydrogen) atoms. The van der Waals surface area contributed by atoms with Crippen LogP contribution in [0, 0.1) is 11.7 Å². The fourth-order valence-corrected chi connectivity index (χ4v) is 5.66. The number of nitrogens with zero attached hydrogens (tertiary/aromatic N) is 2. The summed E-state index contributed by atoms with van der Waals surface area (Å²) in [5, 5.41) is 9.79. The summed E-state index contributed by atoms with van der Waals surface area (Å²) >= 11 is 5.87. The van der Waals surface area contributed by atoms with Crippen LogP contribution in [0.2, 0.25) is 5.02 Å². The van der Waals surface area contributed by atoms with Crippen molar-refractivity contribution in [1.82, 2.24) is 9.47 Å². The molecule has 9 heteroatoms. The Hall–Kier alpha value is -3.49. The Labute approximate surface area is 224 Å². The third-order valence-electron chi connectivity index (χ3n) is 7.58. The van der Waals surface area contributed by atoms with Crippen molar-refractivity contribution in [3.8, 4) is 5.75 Å². The summed E-state index contributed by atoms with van der Waals surface area (Å²) in [5.74, 6) is -1.70. The highest BCUT2D eigenvalue weighted by Crippen LogP contribution is 2.52. The van der Waals surface area contributed by atoms with Gasteiger partial charge in [-0.25, -0.2) is 4.39 Å². The molecule has 198 valence electrons. The lowest BCUT2D eigenvalue weighted by atomic mass is 10.00. The molecule has 1 aliphatic heterocycles. The summed E-state index contributed by atoms with van der Waals surface area (Å²) in [6, 6.07) is 13.8. The van der Waals surface area contributed by atoms with Gasteiger partial charge >= 0.3 is 0 Å². The van der Waals surface area contributed by atoms with Gasteiger partial charge < -0.3 is 19.3 Å². The molecule has 1 N–H and O–H groups in total. The molecule has 1 aliphatic carbocycles. The number of fused-ring (bicyclic) bond motifs is 1. The normalized spacial score (nSPS) is 19.9. The van der Waals surface area contributed by atoms with Crippen LogP contribution >= 0.6 is 11.6 Å². The zero-order valence-corrected chi connectivity index (χ0v) is 21.7.